The Labute approximate surface area is 499 Å². The summed E-state index contributed by atoms with van der Waals surface area (Å²) in [5, 5.41) is 0. The Bertz CT molecular complexity index is 1810. The van der Waals surface area contributed by atoms with Crippen LogP contribution in [-0.4, -0.2) is 37.2 Å². The van der Waals surface area contributed by atoms with E-state index in [2.05, 4.69) is 179 Å². The zero-order valence-corrected chi connectivity index (χ0v) is 52.2. The fourth-order valence-electron chi connectivity index (χ4n) is 8.66. The third kappa shape index (κ3) is 65.7. The van der Waals surface area contributed by atoms with Crippen molar-refractivity contribution in [2.75, 3.05) is 13.2 Å². The van der Waals surface area contributed by atoms with Crippen molar-refractivity contribution in [1.29, 1.82) is 0 Å². The molecule has 0 aliphatic rings. The molecule has 0 heterocycles. The van der Waals surface area contributed by atoms with E-state index in [-0.39, 0.29) is 31.1 Å². The van der Waals surface area contributed by atoms with Gasteiger partial charge in [0.15, 0.2) is 6.10 Å². The van der Waals surface area contributed by atoms with Gasteiger partial charge in [-0.3, -0.25) is 14.4 Å². The third-order valence-electron chi connectivity index (χ3n) is 13.5. The molecule has 0 N–H and O–H groups in total. The molecule has 0 aromatic carbocycles. The molecule has 1 atom stereocenters. The monoisotopic (exact) mass is 1120 g/mol. The van der Waals surface area contributed by atoms with E-state index in [0.29, 0.717) is 25.7 Å². The van der Waals surface area contributed by atoms with Crippen LogP contribution in [0.25, 0.3) is 0 Å². The first-order chi connectivity index (χ1) is 40.0. The second-order valence-electron chi connectivity index (χ2n) is 21.3. The Balaban J connectivity index is 4.44. The van der Waals surface area contributed by atoms with Crippen molar-refractivity contribution in [3.05, 3.63) is 158 Å². The SMILES string of the molecule is CC/C=C\C/C=C\C/C=C\C/C=C\C/C=C\C/C=C\C/C=C\C/C=C\C/C=C\CCCCCC(=O)OCC(COC(=O)CCCC/C=C\C/C=C\C/C=C\C/C=C\CC)OC(=O)CCCCCCCCCCCCCCCCCCC. The van der Waals surface area contributed by atoms with E-state index in [0.717, 1.165) is 141 Å². The first-order valence-electron chi connectivity index (χ1n) is 33.0. The highest BCUT2D eigenvalue weighted by atomic mass is 16.6. The van der Waals surface area contributed by atoms with Gasteiger partial charge >= 0.3 is 17.9 Å². The van der Waals surface area contributed by atoms with Crippen LogP contribution in [0, 0.1) is 0 Å². The van der Waals surface area contributed by atoms with Crippen molar-refractivity contribution < 1.29 is 28.6 Å². The van der Waals surface area contributed by atoms with Gasteiger partial charge < -0.3 is 14.2 Å². The van der Waals surface area contributed by atoms with Crippen LogP contribution in [0.2, 0.25) is 0 Å². The van der Waals surface area contributed by atoms with Crippen molar-refractivity contribution in [2.24, 2.45) is 0 Å². The largest absolute Gasteiger partial charge is 0.462 e. The predicted molar refractivity (Wildman–Crippen MR) is 352 cm³/mol. The molecule has 0 aliphatic carbocycles. The Hall–Kier alpha value is -4.97. The van der Waals surface area contributed by atoms with Crippen molar-refractivity contribution >= 4 is 17.9 Å². The molecule has 0 spiro atoms. The van der Waals surface area contributed by atoms with Crippen LogP contribution in [0.4, 0.5) is 0 Å². The number of ether oxygens (including phenoxy) is 3. The first-order valence-corrected chi connectivity index (χ1v) is 33.0. The molecule has 0 aromatic heterocycles. The number of allylic oxidation sites excluding steroid dienone is 26. The van der Waals surface area contributed by atoms with Crippen molar-refractivity contribution in [1.82, 2.24) is 0 Å². The van der Waals surface area contributed by atoms with Crippen LogP contribution in [0.3, 0.4) is 0 Å². The predicted octanol–water partition coefficient (Wildman–Crippen LogP) is 22.9. The quantitative estimate of drug-likeness (QED) is 0.0261. The topological polar surface area (TPSA) is 78.9 Å². The highest BCUT2D eigenvalue weighted by molar-refractivity contribution is 5.71. The molecule has 0 aliphatic heterocycles. The van der Waals surface area contributed by atoms with Gasteiger partial charge in [-0.05, 0) is 128 Å². The molecule has 81 heavy (non-hydrogen) atoms. The molecular weight excluding hydrogens is 997 g/mol. The number of carbonyl (C=O) groups excluding carboxylic acids is 3. The molecule has 0 bridgehead atoms. The third-order valence-corrected chi connectivity index (χ3v) is 13.5. The van der Waals surface area contributed by atoms with Crippen LogP contribution in [-0.2, 0) is 28.6 Å². The van der Waals surface area contributed by atoms with Gasteiger partial charge in [-0.2, -0.15) is 0 Å². The maximum Gasteiger partial charge on any atom is 0.306 e. The van der Waals surface area contributed by atoms with Gasteiger partial charge in [-0.15, -0.1) is 0 Å². The molecular formula is C75H120O6. The highest BCUT2D eigenvalue weighted by Crippen LogP contribution is 2.16. The summed E-state index contributed by atoms with van der Waals surface area (Å²) in [6, 6.07) is 0. The standard InChI is InChI=1S/C75H120O6/c1-4-7-10-13-16-19-22-25-28-30-31-32-33-34-35-36-37-38-39-40-41-42-43-45-47-50-53-56-59-62-65-68-74(77)80-71-72(70-79-73(76)67-64-61-58-55-52-49-46-27-24-21-18-15-12-9-6-3)81-75(78)69-66-63-60-57-54-51-48-44-29-26-23-20-17-14-11-8-5-2/h7,9-10,12,16,18-19,21,25,27-28,31-32,34-35,37-38,40-41,43,45-46,50,52-53,55,72H,4-6,8,11,13-15,17,20,22-24,26,29-30,33,36,39,42,44,47-49,51,54,56-71H2,1-3H3/b10-7-,12-9-,19-16-,21-18-,28-25-,32-31-,35-34-,38-37-,41-40-,45-43-,46-27-,53-50-,55-52-. The Morgan fingerprint density at radius 3 is 0.778 bits per heavy atom. The maximum atomic E-state index is 12.9. The fourth-order valence-corrected chi connectivity index (χ4v) is 8.66. The van der Waals surface area contributed by atoms with Crippen LogP contribution in [0.1, 0.15) is 278 Å². The average molecular weight is 1120 g/mol. The van der Waals surface area contributed by atoms with E-state index >= 15 is 0 Å². The molecule has 6 nitrogen and oxygen atoms in total. The zero-order chi connectivity index (χ0) is 58.5. The minimum atomic E-state index is -0.816. The van der Waals surface area contributed by atoms with Gasteiger partial charge in [0.1, 0.15) is 13.2 Å². The second kappa shape index (κ2) is 67.5. The van der Waals surface area contributed by atoms with E-state index < -0.39 is 6.10 Å². The minimum Gasteiger partial charge on any atom is -0.462 e. The maximum absolute atomic E-state index is 12.9. The van der Waals surface area contributed by atoms with E-state index in [1.165, 1.54) is 89.9 Å². The summed E-state index contributed by atoms with van der Waals surface area (Å²) in [5.41, 5.74) is 0. The molecule has 0 amide bonds. The average Bonchev–Trinajstić information content (AvgIpc) is 3.47. The van der Waals surface area contributed by atoms with Gasteiger partial charge in [-0.25, -0.2) is 0 Å². The lowest BCUT2D eigenvalue weighted by atomic mass is 10.0. The van der Waals surface area contributed by atoms with Crippen LogP contribution in [0.5, 0.6) is 0 Å². The lowest BCUT2D eigenvalue weighted by Gasteiger charge is -2.18. The Kier molecular flexibility index (Phi) is 63.4. The normalized spacial score (nSPS) is 13.2. The number of esters is 3. The van der Waals surface area contributed by atoms with Gasteiger partial charge in [0.25, 0.3) is 0 Å². The molecule has 0 saturated carbocycles. The van der Waals surface area contributed by atoms with Crippen molar-refractivity contribution in [2.45, 2.75) is 284 Å². The minimum absolute atomic E-state index is 0.113. The van der Waals surface area contributed by atoms with Crippen LogP contribution < -0.4 is 0 Å². The molecule has 6 heteroatoms. The van der Waals surface area contributed by atoms with Crippen LogP contribution >= 0.6 is 0 Å². The van der Waals surface area contributed by atoms with E-state index in [1.807, 2.05) is 0 Å². The molecule has 0 fully saturated rings. The molecule has 0 saturated heterocycles. The lowest BCUT2D eigenvalue weighted by Crippen LogP contribution is -2.30. The number of unbranched alkanes of at least 4 members (excludes halogenated alkanes) is 21. The second-order valence-corrected chi connectivity index (χ2v) is 21.3. The number of rotatable bonds is 58. The summed E-state index contributed by atoms with van der Waals surface area (Å²) in [7, 11) is 0. The molecule has 1 unspecified atom stereocenters. The van der Waals surface area contributed by atoms with E-state index in [9.17, 15) is 14.4 Å². The Morgan fingerprint density at radius 2 is 0.481 bits per heavy atom. The summed E-state index contributed by atoms with van der Waals surface area (Å²) < 4.78 is 16.9. The highest BCUT2D eigenvalue weighted by Gasteiger charge is 2.19. The van der Waals surface area contributed by atoms with Gasteiger partial charge in [0.2, 0.25) is 0 Å². The summed E-state index contributed by atoms with van der Waals surface area (Å²) >= 11 is 0. The summed E-state index contributed by atoms with van der Waals surface area (Å²) in [6.07, 6.45) is 98.3. The van der Waals surface area contributed by atoms with E-state index in [1.54, 1.807) is 0 Å². The van der Waals surface area contributed by atoms with Crippen molar-refractivity contribution in [3.8, 4) is 0 Å². The smallest absolute Gasteiger partial charge is 0.306 e. The van der Waals surface area contributed by atoms with E-state index in [4.69, 9.17) is 14.2 Å². The summed E-state index contributed by atoms with van der Waals surface area (Å²) in [4.78, 5) is 38.3. The molecule has 0 rings (SSSR count). The van der Waals surface area contributed by atoms with Crippen molar-refractivity contribution in [3.63, 3.8) is 0 Å². The summed E-state index contributed by atoms with van der Waals surface area (Å²) in [6.45, 7) is 6.36. The number of hydrogen-bond donors (Lipinski definition) is 0. The summed E-state index contributed by atoms with van der Waals surface area (Å²) in [5.74, 6) is -0.983. The van der Waals surface area contributed by atoms with Crippen LogP contribution in [0.15, 0.2) is 158 Å². The Morgan fingerprint density at radius 1 is 0.259 bits per heavy atom. The van der Waals surface area contributed by atoms with Gasteiger partial charge in [0, 0.05) is 19.3 Å². The molecule has 456 valence electrons. The number of hydrogen-bond acceptors (Lipinski definition) is 6. The number of carbonyl (C=O) groups is 3. The molecule has 0 radical (unpaired) electrons. The molecule has 0 aromatic rings. The fraction of sp³-hybridized carbons (Fsp3) is 0.613. The lowest BCUT2D eigenvalue weighted by molar-refractivity contribution is -0.167. The first kappa shape index (κ1) is 76.0. The van der Waals surface area contributed by atoms with Gasteiger partial charge in [0.05, 0.1) is 0 Å². The van der Waals surface area contributed by atoms with Gasteiger partial charge in [-0.1, -0.05) is 288 Å². The zero-order valence-electron chi connectivity index (χ0n) is 52.2.